The highest BCUT2D eigenvalue weighted by molar-refractivity contribution is 8.00. The third-order valence-corrected chi connectivity index (χ3v) is 6.12. The maximum Gasteiger partial charge on any atom is 0.322 e. The average Bonchev–Trinajstić information content (AvgIpc) is 2.97. The first-order chi connectivity index (χ1) is 9.87. The van der Waals surface area contributed by atoms with E-state index in [1.807, 2.05) is 0 Å². The lowest BCUT2D eigenvalue weighted by Gasteiger charge is -2.20. The molecule has 1 fully saturated rings. The second-order valence-electron chi connectivity index (χ2n) is 4.35. The zero-order valence-electron chi connectivity index (χ0n) is 11.1. The maximum absolute atomic E-state index is 12.4. The topological polar surface area (TPSA) is 104 Å². The molecule has 1 heterocycles. The van der Waals surface area contributed by atoms with E-state index in [4.69, 9.17) is 5.11 Å². The summed E-state index contributed by atoms with van der Waals surface area (Å²) in [4.78, 5) is 22.5. The zero-order valence-corrected chi connectivity index (χ0v) is 12.8. The number of sulfonamides is 1. The second-order valence-corrected chi connectivity index (χ2v) is 7.24. The summed E-state index contributed by atoms with van der Waals surface area (Å²) >= 11 is 1.25. The largest absolute Gasteiger partial charge is 0.480 e. The smallest absolute Gasteiger partial charge is 0.322 e. The Morgan fingerprint density at radius 3 is 2.48 bits per heavy atom. The lowest BCUT2D eigenvalue weighted by Crippen LogP contribution is -2.41. The Morgan fingerprint density at radius 1 is 1.33 bits per heavy atom. The fourth-order valence-corrected chi connectivity index (χ4v) is 5.05. The van der Waals surface area contributed by atoms with Crippen molar-refractivity contribution < 1.29 is 23.1 Å². The van der Waals surface area contributed by atoms with Crippen LogP contribution in [0.25, 0.3) is 0 Å². The molecule has 1 aromatic carbocycles. The molecule has 1 aliphatic heterocycles. The van der Waals surface area contributed by atoms with Crippen molar-refractivity contribution in [3.63, 3.8) is 0 Å². The summed E-state index contributed by atoms with van der Waals surface area (Å²) in [5, 5.41) is 11.5. The molecule has 1 saturated heterocycles. The van der Waals surface area contributed by atoms with Gasteiger partial charge in [0.15, 0.2) is 0 Å². The van der Waals surface area contributed by atoms with Crippen molar-refractivity contribution in [3.05, 3.63) is 29.8 Å². The van der Waals surface area contributed by atoms with Crippen LogP contribution in [-0.2, 0) is 14.8 Å². The van der Waals surface area contributed by atoms with Gasteiger partial charge in [-0.15, -0.1) is 11.8 Å². The third-order valence-electron chi connectivity index (χ3n) is 3.08. The lowest BCUT2D eigenvalue weighted by atomic mass is 10.2. The molecule has 7 nitrogen and oxygen atoms in total. The van der Waals surface area contributed by atoms with Crippen molar-refractivity contribution in [2.45, 2.75) is 10.9 Å². The van der Waals surface area contributed by atoms with Crippen LogP contribution >= 0.6 is 11.8 Å². The molecule has 114 valence electrons. The SMILES string of the molecule is CNC(=O)c1ccc(S(=O)(=O)N2CSCC2C(=O)O)cc1. The minimum absolute atomic E-state index is 0.0242. The van der Waals surface area contributed by atoms with Gasteiger partial charge < -0.3 is 10.4 Å². The highest BCUT2D eigenvalue weighted by atomic mass is 32.2. The monoisotopic (exact) mass is 330 g/mol. The number of nitrogens with zero attached hydrogens (tertiary/aromatic N) is 1. The Morgan fingerprint density at radius 2 is 1.95 bits per heavy atom. The van der Waals surface area contributed by atoms with Crippen LogP contribution in [0.5, 0.6) is 0 Å². The van der Waals surface area contributed by atoms with E-state index in [9.17, 15) is 18.0 Å². The third kappa shape index (κ3) is 3.04. The van der Waals surface area contributed by atoms with E-state index < -0.39 is 22.0 Å². The van der Waals surface area contributed by atoms with E-state index in [1.54, 1.807) is 0 Å². The molecule has 0 aliphatic carbocycles. The van der Waals surface area contributed by atoms with Crippen molar-refractivity contribution in [1.29, 1.82) is 0 Å². The first-order valence-electron chi connectivity index (χ1n) is 6.02. The van der Waals surface area contributed by atoms with E-state index in [0.717, 1.165) is 4.31 Å². The number of thioether (sulfide) groups is 1. The quantitative estimate of drug-likeness (QED) is 0.817. The molecule has 1 aromatic rings. The van der Waals surface area contributed by atoms with Crippen LogP contribution < -0.4 is 5.32 Å². The average molecular weight is 330 g/mol. The summed E-state index contributed by atoms with van der Waals surface area (Å²) in [5.41, 5.74) is 0.335. The first kappa shape index (κ1) is 15.8. The molecule has 2 N–H and O–H groups in total. The van der Waals surface area contributed by atoms with Gasteiger partial charge in [0.1, 0.15) is 6.04 Å². The number of carbonyl (C=O) groups is 2. The van der Waals surface area contributed by atoms with Crippen molar-refractivity contribution in [1.82, 2.24) is 9.62 Å². The Kier molecular flexibility index (Phi) is 4.55. The summed E-state index contributed by atoms with van der Waals surface area (Å²) in [6, 6.07) is 4.34. The van der Waals surface area contributed by atoms with Gasteiger partial charge in [0.25, 0.3) is 5.91 Å². The molecule has 2 rings (SSSR count). The molecule has 0 aromatic heterocycles. The van der Waals surface area contributed by atoms with Gasteiger partial charge in [-0.3, -0.25) is 9.59 Å². The zero-order chi connectivity index (χ0) is 15.6. The van der Waals surface area contributed by atoms with Crippen LogP contribution in [0.1, 0.15) is 10.4 Å². The molecule has 1 amide bonds. The number of hydrogen-bond donors (Lipinski definition) is 2. The Hall–Kier alpha value is -1.58. The van der Waals surface area contributed by atoms with Crippen LogP contribution in [0.4, 0.5) is 0 Å². The summed E-state index contributed by atoms with van der Waals surface area (Å²) in [7, 11) is -2.40. The predicted octanol–water partition coefficient (Wildman–Crippen LogP) is 0.194. The fourth-order valence-electron chi connectivity index (χ4n) is 1.92. The number of rotatable bonds is 4. The normalized spacial score (nSPS) is 19.4. The lowest BCUT2D eigenvalue weighted by molar-refractivity contribution is -0.140. The van der Waals surface area contributed by atoms with Crippen molar-refractivity contribution >= 4 is 33.7 Å². The fraction of sp³-hybridized carbons (Fsp3) is 0.333. The number of aliphatic carboxylic acids is 1. The van der Waals surface area contributed by atoms with Crippen LogP contribution in [-0.4, -0.2) is 54.4 Å². The molecule has 0 spiro atoms. The van der Waals surface area contributed by atoms with E-state index in [1.165, 1.54) is 43.1 Å². The number of carboxylic acid groups (broad SMARTS) is 1. The van der Waals surface area contributed by atoms with E-state index in [2.05, 4.69) is 5.32 Å². The van der Waals surface area contributed by atoms with Gasteiger partial charge in [0, 0.05) is 18.4 Å². The minimum atomic E-state index is -3.88. The molecule has 0 radical (unpaired) electrons. The molecule has 1 atom stereocenters. The van der Waals surface area contributed by atoms with Gasteiger partial charge >= 0.3 is 5.97 Å². The van der Waals surface area contributed by atoms with Crippen molar-refractivity contribution in [2.24, 2.45) is 0 Å². The Balaban J connectivity index is 2.31. The number of amides is 1. The first-order valence-corrected chi connectivity index (χ1v) is 8.62. The van der Waals surface area contributed by atoms with Crippen molar-refractivity contribution in [3.8, 4) is 0 Å². The summed E-state index contributed by atoms with van der Waals surface area (Å²) in [6.45, 7) is 0. The number of hydrogen-bond acceptors (Lipinski definition) is 5. The molecule has 0 saturated carbocycles. The molecule has 9 heteroatoms. The van der Waals surface area contributed by atoms with E-state index in [0.29, 0.717) is 5.56 Å². The highest BCUT2D eigenvalue weighted by Gasteiger charge is 2.40. The highest BCUT2D eigenvalue weighted by Crippen LogP contribution is 2.28. The van der Waals surface area contributed by atoms with E-state index >= 15 is 0 Å². The van der Waals surface area contributed by atoms with Crippen LogP contribution in [0, 0.1) is 0 Å². The molecule has 1 unspecified atom stereocenters. The maximum atomic E-state index is 12.4. The second kappa shape index (κ2) is 6.04. The minimum Gasteiger partial charge on any atom is -0.480 e. The van der Waals surface area contributed by atoms with Crippen LogP contribution in [0.15, 0.2) is 29.2 Å². The van der Waals surface area contributed by atoms with Crippen LogP contribution in [0.3, 0.4) is 0 Å². The Bertz CT molecular complexity index is 657. The molecule has 0 bridgehead atoms. The van der Waals surface area contributed by atoms with Gasteiger partial charge in [-0.2, -0.15) is 4.31 Å². The standard InChI is InChI=1S/C12H14N2O5S2/c1-13-11(15)8-2-4-9(5-3-8)21(18,19)14-7-20-6-10(14)12(16)17/h2-5,10H,6-7H2,1H3,(H,13,15)(H,16,17). The number of carbonyl (C=O) groups excluding carboxylic acids is 1. The van der Waals surface area contributed by atoms with Gasteiger partial charge in [-0.25, -0.2) is 8.42 Å². The molecule has 21 heavy (non-hydrogen) atoms. The van der Waals surface area contributed by atoms with Gasteiger partial charge in [-0.1, -0.05) is 0 Å². The predicted molar refractivity (Wildman–Crippen MR) is 77.6 cm³/mol. The number of carboxylic acids is 1. The summed E-state index contributed by atoms with van der Waals surface area (Å²) in [6.07, 6.45) is 0. The van der Waals surface area contributed by atoms with E-state index in [-0.39, 0.29) is 22.4 Å². The van der Waals surface area contributed by atoms with Gasteiger partial charge in [-0.05, 0) is 24.3 Å². The van der Waals surface area contributed by atoms with Crippen molar-refractivity contribution in [2.75, 3.05) is 18.7 Å². The number of benzene rings is 1. The number of nitrogens with one attached hydrogen (secondary N) is 1. The molecule has 1 aliphatic rings. The van der Waals surface area contributed by atoms with Gasteiger partial charge in [0.05, 0.1) is 10.8 Å². The summed E-state index contributed by atoms with van der Waals surface area (Å²) < 4.78 is 25.9. The summed E-state index contributed by atoms with van der Waals surface area (Å²) in [5.74, 6) is -1.15. The molecular weight excluding hydrogens is 316 g/mol. The van der Waals surface area contributed by atoms with Crippen LogP contribution in [0.2, 0.25) is 0 Å². The Labute approximate surface area is 126 Å². The molecular formula is C12H14N2O5S2. The van der Waals surface area contributed by atoms with Gasteiger partial charge in [0.2, 0.25) is 10.0 Å².